The van der Waals surface area contributed by atoms with Gasteiger partial charge in [0.15, 0.2) is 5.13 Å². The summed E-state index contributed by atoms with van der Waals surface area (Å²) in [4.78, 5) is 49.7. The second-order valence-corrected chi connectivity index (χ2v) is 13.4. The molecule has 206 valence electrons. The smallest absolute Gasteiger partial charge is 0.245 e. The number of likely N-dealkylation sites (tertiary alicyclic amines) is 2. The van der Waals surface area contributed by atoms with Crippen LogP contribution in [0.15, 0.2) is 33.7 Å². The molecule has 0 aromatic carbocycles. The van der Waals surface area contributed by atoms with Crippen molar-refractivity contribution in [3.63, 3.8) is 0 Å². The Balaban J connectivity index is 1.25. The minimum absolute atomic E-state index is 0.0710. The van der Waals surface area contributed by atoms with Crippen molar-refractivity contribution in [2.24, 2.45) is 11.3 Å². The van der Waals surface area contributed by atoms with E-state index >= 15 is 0 Å². The first-order valence-electron chi connectivity index (χ1n) is 13.1. The molecule has 4 rings (SSSR count). The van der Waals surface area contributed by atoms with Crippen molar-refractivity contribution in [1.29, 1.82) is 0 Å². The molecule has 1 N–H and O–H groups in total. The number of aldehydes is 1. The van der Waals surface area contributed by atoms with Gasteiger partial charge in [-0.15, -0.1) is 11.8 Å². The Morgan fingerprint density at radius 3 is 2.66 bits per heavy atom. The summed E-state index contributed by atoms with van der Waals surface area (Å²) in [6.07, 6.45) is 8.76. The van der Waals surface area contributed by atoms with E-state index in [9.17, 15) is 14.4 Å². The van der Waals surface area contributed by atoms with E-state index in [4.69, 9.17) is 4.42 Å². The van der Waals surface area contributed by atoms with Gasteiger partial charge in [-0.3, -0.25) is 9.59 Å². The molecule has 2 aromatic heterocycles. The van der Waals surface area contributed by atoms with Crippen molar-refractivity contribution in [1.82, 2.24) is 19.8 Å². The molecule has 11 heteroatoms. The lowest BCUT2D eigenvalue weighted by Gasteiger charge is -2.41. The first-order chi connectivity index (χ1) is 18.1. The van der Waals surface area contributed by atoms with E-state index in [-0.39, 0.29) is 23.1 Å². The predicted molar refractivity (Wildman–Crippen MR) is 149 cm³/mol. The van der Waals surface area contributed by atoms with E-state index in [1.807, 2.05) is 11.1 Å². The van der Waals surface area contributed by atoms with E-state index in [1.54, 1.807) is 34.2 Å². The number of piperidine rings is 2. The van der Waals surface area contributed by atoms with Gasteiger partial charge in [0, 0.05) is 43.6 Å². The molecule has 0 bridgehead atoms. The molecule has 0 spiro atoms. The van der Waals surface area contributed by atoms with Gasteiger partial charge >= 0.3 is 0 Å². The first-order valence-corrected chi connectivity index (χ1v) is 14.9. The highest BCUT2D eigenvalue weighted by Gasteiger charge is 2.38. The van der Waals surface area contributed by atoms with Crippen molar-refractivity contribution >= 4 is 46.3 Å². The molecule has 0 aliphatic carbocycles. The third-order valence-corrected chi connectivity index (χ3v) is 9.42. The maximum Gasteiger partial charge on any atom is 0.245 e. The van der Waals surface area contributed by atoms with Gasteiger partial charge in [-0.2, -0.15) is 0 Å². The fourth-order valence-electron chi connectivity index (χ4n) is 4.79. The number of oxazole rings is 1. The number of thioether (sulfide) groups is 1. The molecule has 9 nitrogen and oxygen atoms in total. The lowest BCUT2D eigenvalue weighted by atomic mass is 9.79. The number of nitrogens with one attached hydrogen (secondary N) is 1. The number of hydrogen-bond donors (Lipinski definition) is 1. The molecule has 2 fully saturated rings. The fourth-order valence-corrected chi connectivity index (χ4v) is 6.51. The number of rotatable bonds is 9. The van der Waals surface area contributed by atoms with Crippen molar-refractivity contribution in [3.05, 3.63) is 36.7 Å². The zero-order valence-electron chi connectivity index (χ0n) is 22.4. The number of nitrogens with zero attached hydrogens (tertiary/aromatic N) is 4. The summed E-state index contributed by atoms with van der Waals surface area (Å²) in [6, 6.07) is 0. The molecule has 4 heterocycles. The molecular weight excluding hydrogens is 522 g/mol. The Morgan fingerprint density at radius 2 is 2.00 bits per heavy atom. The van der Waals surface area contributed by atoms with E-state index < -0.39 is 5.41 Å². The van der Waals surface area contributed by atoms with Crippen molar-refractivity contribution in [2.45, 2.75) is 61.8 Å². The lowest BCUT2D eigenvalue weighted by Crippen LogP contribution is -2.51. The van der Waals surface area contributed by atoms with Crippen molar-refractivity contribution < 1.29 is 18.8 Å². The molecule has 2 aromatic rings. The molecule has 1 unspecified atom stereocenters. The van der Waals surface area contributed by atoms with E-state index in [2.05, 4.69) is 42.6 Å². The molecule has 0 saturated carbocycles. The summed E-state index contributed by atoms with van der Waals surface area (Å²) in [6.45, 7) is 12.5. The van der Waals surface area contributed by atoms with Gasteiger partial charge in [0.2, 0.25) is 17.7 Å². The summed E-state index contributed by atoms with van der Waals surface area (Å²) in [5, 5.41) is 4.12. The molecular formula is C27H37N5O4S2. The van der Waals surface area contributed by atoms with Crippen molar-refractivity contribution in [2.75, 3.05) is 38.0 Å². The summed E-state index contributed by atoms with van der Waals surface area (Å²) in [5.74, 6) is 1.97. The molecule has 1 atom stereocenters. The van der Waals surface area contributed by atoms with Crippen LogP contribution in [0.25, 0.3) is 0 Å². The Labute approximate surface area is 232 Å². The molecule has 0 radical (unpaired) electrons. The van der Waals surface area contributed by atoms with Crippen LogP contribution in [0.2, 0.25) is 0 Å². The highest BCUT2D eigenvalue weighted by Crippen LogP contribution is 2.35. The van der Waals surface area contributed by atoms with Crippen LogP contribution in [0.5, 0.6) is 0 Å². The number of anilines is 1. The van der Waals surface area contributed by atoms with Crippen molar-refractivity contribution in [3.8, 4) is 0 Å². The summed E-state index contributed by atoms with van der Waals surface area (Å²) in [5.41, 5.74) is -0.604. The third kappa shape index (κ3) is 6.85. The zero-order valence-corrected chi connectivity index (χ0v) is 24.0. The standard InChI is InChI=1S/C27H37N5O4S2/c1-5-22(34)32-10-6-7-19(15-32)24(35)31-11-8-27(18-33,9-12-31)17-30-25-29-14-23(38-25)37-16-21-28-13-20(36-21)26(2,3)4/h5,13-14,18-19H,1,6-12,15-17H2,2-4H3,(H,29,30). The maximum absolute atomic E-state index is 13.1. The number of carbonyl (C=O) groups is 3. The van der Waals surface area contributed by atoms with Crippen LogP contribution >= 0.6 is 23.1 Å². The van der Waals surface area contributed by atoms with Crippen LogP contribution in [0.4, 0.5) is 5.13 Å². The molecule has 2 saturated heterocycles. The Kier molecular flexibility index (Phi) is 8.97. The SMILES string of the molecule is C=CC(=O)N1CCCC(C(=O)N2CCC(C=O)(CNc3ncc(SCc4ncc(C(C)(C)C)o4)s3)CC2)C1. The second-order valence-electron chi connectivity index (χ2n) is 11.1. The average Bonchev–Trinajstić information content (AvgIpc) is 3.60. The van der Waals surface area contributed by atoms with E-state index in [0.29, 0.717) is 57.2 Å². The van der Waals surface area contributed by atoms with Crippen LogP contribution in [-0.4, -0.2) is 70.6 Å². The largest absolute Gasteiger partial charge is 0.444 e. The van der Waals surface area contributed by atoms with Gasteiger partial charge in [0.1, 0.15) is 12.0 Å². The Bertz CT molecular complexity index is 1150. The Hall–Kier alpha value is -2.66. The minimum Gasteiger partial charge on any atom is -0.444 e. The van der Waals surface area contributed by atoms with E-state index in [1.165, 1.54) is 6.08 Å². The van der Waals surface area contributed by atoms with Gasteiger partial charge in [0.25, 0.3) is 0 Å². The van der Waals surface area contributed by atoms with Gasteiger partial charge < -0.3 is 24.3 Å². The monoisotopic (exact) mass is 559 g/mol. The van der Waals surface area contributed by atoms with Crippen LogP contribution in [0, 0.1) is 11.3 Å². The van der Waals surface area contributed by atoms with Crippen LogP contribution in [0.1, 0.15) is 58.1 Å². The molecule has 38 heavy (non-hydrogen) atoms. The second kappa shape index (κ2) is 12.0. The van der Waals surface area contributed by atoms with Gasteiger partial charge in [-0.05, 0) is 31.8 Å². The minimum atomic E-state index is -0.533. The number of thiazole rings is 1. The molecule has 2 amide bonds. The zero-order chi connectivity index (χ0) is 27.3. The third-order valence-electron chi connectivity index (χ3n) is 7.28. The number of aromatic nitrogens is 2. The first kappa shape index (κ1) is 28.4. The topological polar surface area (TPSA) is 109 Å². The number of hydrogen-bond acceptors (Lipinski definition) is 9. The lowest BCUT2D eigenvalue weighted by molar-refractivity contribution is -0.142. The maximum atomic E-state index is 13.1. The summed E-state index contributed by atoms with van der Waals surface area (Å²) in [7, 11) is 0. The van der Waals surface area contributed by atoms with Gasteiger partial charge in [-0.1, -0.05) is 38.7 Å². The molecule has 2 aliphatic heterocycles. The van der Waals surface area contributed by atoms with Crippen LogP contribution in [0.3, 0.4) is 0 Å². The highest BCUT2D eigenvalue weighted by atomic mass is 32.2. The van der Waals surface area contributed by atoms with Crippen LogP contribution < -0.4 is 5.32 Å². The van der Waals surface area contributed by atoms with Gasteiger partial charge in [0.05, 0.1) is 28.3 Å². The normalized spacial score (nSPS) is 19.7. The quantitative estimate of drug-likeness (QED) is 0.274. The van der Waals surface area contributed by atoms with E-state index in [0.717, 1.165) is 34.2 Å². The highest BCUT2D eigenvalue weighted by molar-refractivity contribution is 8.00. The van der Waals surface area contributed by atoms with Crippen LogP contribution in [-0.2, 0) is 25.6 Å². The summed E-state index contributed by atoms with van der Waals surface area (Å²) < 4.78 is 6.91. The number of carbonyl (C=O) groups excluding carboxylic acids is 3. The Morgan fingerprint density at radius 1 is 1.24 bits per heavy atom. The molecule has 2 aliphatic rings. The number of amides is 2. The van der Waals surface area contributed by atoms with Gasteiger partial charge in [-0.25, -0.2) is 9.97 Å². The average molecular weight is 560 g/mol. The fraction of sp³-hybridized carbons (Fsp3) is 0.593. The summed E-state index contributed by atoms with van der Waals surface area (Å²) >= 11 is 3.16. The predicted octanol–water partition coefficient (Wildman–Crippen LogP) is 4.37.